The predicted molar refractivity (Wildman–Crippen MR) is 122 cm³/mol. The number of aromatic amines is 1. The standard InChI is InChI=1S/C24H34N6O/c1-16(2)29-11-8-18(9-12-29)24(31)26-19-10-13-30(15-19)22-5-3-4-20(27-22)23-25-14-21(28-23)17-6-7-17/h3-5,14,16-19H,6-13,15H2,1-2H3,(H,25,28)(H,26,31)/t19-/m1/s1. The zero-order valence-corrected chi connectivity index (χ0v) is 18.7. The SMILES string of the molecule is CC(C)N1CCC(C(=O)N[C@@H]2CCN(c3cccc(-c4ncc(C5CC5)[nH]4)n3)C2)CC1. The van der Waals surface area contributed by atoms with E-state index in [9.17, 15) is 4.79 Å². The number of hydrogen-bond donors (Lipinski definition) is 2. The molecule has 0 unspecified atom stereocenters. The predicted octanol–water partition coefficient (Wildman–Crippen LogP) is 3.16. The third-order valence-corrected chi connectivity index (χ3v) is 7.08. The van der Waals surface area contributed by atoms with Crippen LogP contribution in [-0.4, -0.2) is 64.0 Å². The van der Waals surface area contributed by atoms with Crippen molar-refractivity contribution in [2.45, 2.75) is 64.0 Å². The van der Waals surface area contributed by atoms with E-state index in [1.54, 1.807) is 0 Å². The van der Waals surface area contributed by atoms with Gasteiger partial charge in [-0.1, -0.05) is 6.07 Å². The van der Waals surface area contributed by atoms with Crippen molar-refractivity contribution in [2.75, 3.05) is 31.1 Å². The Labute approximate surface area is 184 Å². The fraction of sp³-hybridized carbons (Fsp3) is 0.625. The largest absolute Gasteiger partial charge is 0.354 e. The van der Waals surface area contributed by atoms with Crippen LogP contribution in [0.3, 0.4) is 0 Å². The molecule has 1 aliphatic carbocycles. The summed E-state index contributed by atoms with van der Waals surface area (Å²) in [4.78, 5) is 30.4. The van der Waals surface area contributed by atoms with Crippen LogP contribution in [0.25, 0.3) is 11.5 Å². The molecule has 0 radical (unpaired) electrons. The minimum atomic E-state index is 0.158. The van der Waals surface area contributed by atoms with E-state index in [0.29, 0.717) is 12.0 Å². The van der Waals surface area contributed by atoms with Crippen LogP contribution in [0.4, 0.5) is 5.82 Å². The van der Waals surface area contributed by atoms with Crippen molar-refractivity contribution in [1.29, 1.82) is 0 Å². The highest BCUT2D eigenvalue weighted by molar-refractivity contribution is 5.79. The summed E-state index contributed by atoms with van der Waals surface area (Å²) < 4.78 is 0. The number of hydrogen-bond acceptors (Lipinski definition) is 5. The summed E-state index contributed by atoms with van der Waals surface area (Å²) in [7, 11) is 0. The molecule has 3 fully saturated rings. The molecular formula is C24H34N6O. The van der Waals surface area contributed by atoms with Gasteiger partial charge >= 0.3 is 0 Å². The molecule has 1 saturated carbocycles. The lowest BCUT2D eigenvalue weighted by Crippen LogP contribution is -2.46. The summed E-state index contributed by atoms with van der Waals surface area (Å²) in [5, 5.41) is 3.32. The molecule has 5 rings (SSSR count). The van der Waals surface area contributed by atoms with Crippen molar-refractivity contribution in [1.82, 2.24) is 25.2 Å². The van der Waals surface area contributed by atoms with Crippen LogP contribution in [0.5, 0.6) is 0 Å². The molecule has 31 heavy (non-hydrogen) atoms. The van der Waals surface area contributed by atoms with Gasteiger partial charge in [-0.25, -0.2) is 9.97 Å². The second kappa shape index (κ2) is 8.61. The maximum absolute atomic E-state index is 12.8. The average Bonchev–Trinajstić information content (AvgIpc) is 3.33. The first-order chi connectivity index (χ1) is 15.1. The average molecular weight is 423 g/mol. The van der Waals surface area contributed by atoms with Gasteiger partial charge in [-0.2, -0.15) is 0 Å². The molecule has 0 bridgehead atoms. The van der Waals surface area contributed by atoms with E-state index >= 15 is 0 Å². The van der Waals surface area contributed by atoms with Crippen molar-refractivity contribution in [3.8, 4) is 11.5 Å². The van der Waals surface area contributed by atoms with Crippen molar-refractivity contribution < 1.29 is 4.79 Å². The first-order valence-corrected chi connectivity index (χ1v) is 11.9. The van der Waals surface area contributed by atoms with Crippen LogP contribution >= 0.6 is 0 Å². The number of rotatable bonds is 6. The number of likely N-dealkylation sites (tertiary alicyclic amines) is 1. The molecule has 2 aromatic rings. The Morgan fingerprint density at radius 2 is 1.94 bits per heavy atom. The topological polar surface area (TPSA) is 77.2 Å². The first kappa shape index (κ1) is 20.5. The summed E-state index contributed by atoms with van der Waals surface area (Å²) in [6.07, 6.45) is 7.37. The van der Waals surface area contributed by atoms with E-state index in [1.807, 2.05) is 18.3 Å². The van der Waals surface area contributed by atoms with Gasteiger partial charge in [0.25, 0.3) is 0 Å². The van der Waals surface area contributed by atoms with Crippen LogP contribution in [-0.2, 0) is 4.79 Å². The molecule has 7 heteroatoms. The fourth-order valence-electron chi connectivity index (χ4n) is 4.88. The minimum Gasteiger partial charge on any atom is -0.354 e. The van der Waals surface area contributed by atoms with Crippen LogP contribution in [0.2, 0.25) is 0 Å². The van der Waals surface area contributed by atoms with E-state index in [1.165, 1.54) is 18.5 Å². The zero-order chi connectivity index (χ0) is 21.4. The number of anilines is 1. The minimum absolute atomic E-state index is 0.158. The van der Waals surface area contributed by atoms with E-state index in [-0.39, 0.29) is 17.9 Å². The molecule has 1 atom stereocenters. The van der Waals surface area contributed by atoms with Gasteiger partial charge in [0, 0.05) is 48.9 Å². The second-order valence-electron chi connectivity index (χ2n) is 9.69. The Balaban J connectivity index is 1.16. The number of H-pyrrole nitrogens is 1. The molecule has 0 spiro atoms. The van der Waals surface area contributed by atoms with Crippen molar-refractivity contribution in [3.05, 3.63) is 30.1 Å². The lowest BCUT2D eigenvalue weighted by Gasteiger charge is -2.34. The van der Waals surface area contributed by atoms with E-state index < -0.39 is 0 Å². The summed E-state index contributed by atoms with van der Waals surface area (Å²) in [6.45, 7) is 8.25. The Bertz CT molecular complexity index is 912. The van der Waals surface area contributed by atoms with Gasteiger partial charge < -0.3 is 20.1 Å². The second-order valence-corrected chi connectivity index (χ2v) is 9.69. The number of nitrogens with one attached hydrogen (secondary N) is 2. The molecular weight excluding hydrogens is 388 g/mol. The molecule has 3 aliphatic rings. The van der Waals surface area contributed by atoms with E-state index in [4.69, 9.17) is 4.98 Å². The van der Waals surface area contributed by atoms with Gasteiger partial charge in [0.15, 0.2) is 5.82 Å². The molecule has 2 aromatic heterocycles. The van der Waals surface area contributed by atoms with Crippen LogP contribution in [0, 0.1) is 5.92 Å². The lowest BCUT2D eigenvalue weighted by atomic mass is 9.95. The fourth-order valence-corrected chi connectivity index (χ4v) is 4.88. The van der Waals surface area contributed by atoms with Crippen LogP contribution in [0.15, 0.2) is 24.4 Å². The quantitative estimate of drug-likeness (QED) is 0.748. The number of aromatic nitrogens is 3. The number of carbonyl (C=O) groups excluding carboxylic acids is 1. The monoisotopic (exact) mass is 422 g/mol. The van der Waals surface area contributed by atoms with Gasteiger partial charge in [-0.05, 0) is 71.2 Å². The highest BCUT2D eigenvalue weighted by atomic mass is 16.2. The number of imidazole rings is 1. The normalized spacial score (nSPS) is 22.9. The van der Waals surface area contributed by atoms with Crippen molar-refractivity contribution in [3.63, 3.8) is 0 Å². The Morgan fingerprint density at radius 3 is 2.68 bits per heavy atom. The Morgan fingerprint density at radius 1 is 1.13 bits per heavy atom. The zero-order valence-electron chi connectivity index (χ0n) is 18.7. The molecule has 2 saturated heterocycles. The summed E-state index contributed by atoms with van der Waals surface area (Å²) >= 11 is 0. The molecule has 166 valence electrons. The maximum atomic E-state index is 12.8. The number of piperidine rings is 1. The molecule has 2 N–H and O–H groups in total. The highest BCUT2D eigenvalue weighted by Crippen LogP contribution is 2.39. The first-order valence-electron chi connectivity index (χ1n) is 11.9. The molecule has 4 heterocycles. The third kappa shape index (κ3) is 4.61. The highest BCUT2D eigenvalue weighted by Gasteiger charge is 2.30. The number of nitrogens with zero attached hydrogens (tertiary/aromatic N) is 4. The maximum Gasteiger partial charge on any atom is 0.223 e. The van der Waals surface area contributed by atoms with Gasteiger partial charge in [-0.15, -0.1) is 0 Å². The van der Waals surface area contributed by atoms with Crippen molar-refractivity contribution in [2.24, 2.45) is 5.92 Å². The van der Waals surface area contributed by atoms with Gasteiger partial charge in [0.05, 0.1) is 0 Å². The van der Waals surface area contributed by atoms with Gasteiger partial charge in [0.1, 0.15) is 11.5 Å². The van der Waals surface area contributed by atoms with E-state index in [2.05, 4.69) is 45.0 Å². The third-order valence-electron chi connectivity index (χ3n) is 7.08. The van der Waals surface area contributed by atoms with Gasteiger partial charge in [0.2, 0.25) is 5.91 Å². The molecule has 2 aliphatic heterocycles. The Kier molecular flexibility index (Phi) is 5.69. The van der Waals surface area contributed by atoms with Crippen molar-refractivity contribution >= 4 is 11.7 Å². The summed E-state index contributed by atoms with van der Waals surface area (Å²) in [5.41, 5.74) is 2.11. The molecule has 1 amide bonds. The molecule has 7 nitrogen and oxygen atoms in total. The molecule has 0 aromatic carbocycles. The number of pyridine rings is 1. The lowest BCUT2D eigenvalue weighted by molar-refractivity contribution is -0.127. The Hall–Kier alpha value is -2.41. The number of carbonyl (C=O) groups is 1. The smallest absolute Gasteiger partial charge is 0.223 e. The summed E-state index contributed by atoms with van der Waals surface area (Å²) in [5.74, 6) is 2.86. The summed E-state index contributed by atoms with van der Waals surface area (Å²) in [6, 6.07) is 6.88. The number of amides is 1. The van der Waals surface area contributed by atoms with Gasteiger partial charge in [-0.3, -0.25) is 4.79 Å². The van der Waals surface area contributed by atoms with Crippen LogP contribution < -0.4 is 10.2 Å². The van der Waals surface area contributed by atoms with E-state index in [0.717, 1.165) is 62.8 Å². The van der Waals surface area contributed by atoms with Crippen LogP contribution in [0.1, 0.15) is 57.6 Å².